The van der Waals surface area contributed by atoms with Crippen molar-refractivity contribution in [3.05, 3.63) is 60.4 Å². The summed E-state index contributed by atoms with van der Waals surface area (Å²) >= 11 is 2.88. The third-order valence-corrected chi connectivity index (χ3v) is 6.37. The largest absolute Gasteiger partial charge is 0.497 e. The molecular formula is C22H23N5O3S2. The Morgan fingerprint density at radius 3 is 2.75 bits per heavy atom. The summed E-state index contributed by atoms with van der Waals surface area (Å²) in [6, 6.07) is 17.2. The fraction of sp³-hybridized carbons (Fsp3) is 0.273. The van der Waals surface area contributed by atoms with E-state index >= 15 is 0 Å². The van der Waals surface area contributed by atoms with E-state index in [1.54, 1.807) is 18.9 Å². The molecule has 1 amide bonds. The monoisotopic (exact) mass is 469 g/mol. The minimum Gasteiger partial charge on any atom is -0.497 e. The van der Waals surface area contributed by atoms with Crippen molar-refractivity contribution in [2.24, 2.45) is 4.99 Å². The third-order valence-electron chi connectivity index (χ3n) is 4.55. The Morgan fingerprint density at radius 2 is 2.00 bits per heavy atom. The van der Waals surface area contributed by atoms with Crippen molar-refractivity contribution in [3.63, 3.8) is 0 Å². The summed E-state index contributed by atoms with van der Waals surface area (Å²) in [6.07, 6.45) is -0.387. The highest BCUT2D eigenvalue weighted by Gasteiger charge is 2.22. The van der Waals surface area contributed by atoms with Gasteiger partial charge in [-0.25, -0.2) is 0 Å². The summed E-state index contributed by atoms with van der Waals surface area (Å²) in [5.41, 5.74) is 0.896. The Balaban J connectivity index is 1.54. The molecule has 166 valence electrons. The van der Waals surface area contributed by atoms with Gasteiger partial charge in [0.2, 0.25) is 5.91 Å². The lowest BCUT2D eigenvalue weighted by atomic mass is 10.3. The Labute approximate surface area is 194 Å². The first-order chi connectivity index (χ1) is 15.6. The highest BCUT2D eigenvalue weighted by Crippen LogP contribution is 2.29. The average Bonchev–Trinajstić information content (AvgIpc) is 3.48. The van der Waals surface area contributed by atoms with Crippen LogP contribution >= 0.6 is 23.5 Å². The molecule has 1 aliphatic heterocycles. The summed E-state index contributed by atoms with van der Waals surface area (Å²) in [7, 11) is 1.62. The molecule has 10 heteroatoms. The molecule has 8 nitrogen and oxygen atoms in total. The molecule has 32 heavy (non-hydrogen) atoms. The van der Waals surface area contributed by atoms with Gasteiger partial charge in [0.25, 0.3) is 0 Å². The van der Waals surface area contributed by atoms with Gasteiger partial charge in [0, 0.05) is 17.5 Å². The number of hydrogen-bond acceptors (Lipinski definition) is 8. The number of aromatic nitrogens is 3. The first kappa shape index (κ1) is 22.2. The SMILES string of the molecule is COc1cccc(OC(C)c2nnc(SCC(=O)NC3=NCCS3)n2-c2ccccc2)c1. The van der Waals surface area contributed by atoms with Crippen LogP contribution in [0.15, 0.2) is 64.7 Å². The molecule has 2 heterocycles. The van der Waals surface area contributed by atoms with Crippen LogP contribution in [0.3, 0.4) is 0 Å². The first-order valence-electron chi connectivity index (χ1n) is 10.1. The van der Waals surface area contributed by atoms with Gasteiger partial charge in [-0.05, 0) is 31.2 Å². The number of ether oxygens (including phenoxy) is 2. The number of rotatable bonds is 8. The van der Waals surface area contributed by atoms with Gasteiger partial charge >= 0.3 is 0 Å². The minimum atomic E-state index is -0.387. The molecule has 1 aliphatic rings. The lowest BCUT2D eigenvalue weighted by Gasteiger charge is -2.17. The van der Waals surface area contributed by atoms with E-state index in [1.807, 2.05) is 66.1 Å². The smallest absolute Gasteiger partial charge is 0.236 e. The predicted octanol–water partition coefficient (Wildman–Crippen LogP) is 3.73. The Morgan fingerprint density at radius 1 is 1.19 bits per heavy atom. The first-order valence-corrected chi connectivity index (χ1v) is 12.0. The maximum atomic E-state index is 12.3. The summed E-state index contributed by atoms with van der Waals surface area (Å²) < 4.78 is 13.3. The van der Waals surface area contributed by atoms with Crippen molar-refractivity contribution in [2.75, 3.05) is 25.2 Å². The van der Waals surface area contributed by atoms with Gasteiger partial charge in [-0.1, -0.05) is 47.8 Å². The number of carbonyl (C=O) groups excluding carboxylic acids is 1. The van der Waals surface area contributed by atoms with Crippen molar-refractivity contribution >= 4 is 34.6 Å². The van der Waals surface area contributed by atoms with Crippen molar-refractivity contribution in [1.29, 1.82) is 0 Å². The number of carbonyl (C=O) groups is 1. The number of nitrogens with zero attached hydrogens (tertiary/aromatic N) is 4. The number of methoxy groups -OCH3 is 1. The highest BCUT2D eigenvalue weighted by molar-refractivity contribution is 8.14. The summed E-state index contributed by atoms with van der Waals surface area (Å²) in [4.78, 5) is 16.6. The molecule has 2 aromatic carbocycles. The van der Waals surface area contributed by atoms with Crippen LogP contribution in [0.1, 0.15) is 18.9 Å². The fourth-order valence-electron chi connectivity index (χ4n) is 3.09. The zero-order valence-corrected chi connectivity index (χ0v) is 19.4. The van der Waals surface area contributed by atoms with Gasteiger partial charge in [-0.3, -0.25) is 14.4 Å². The van der Waals surface area contributed by atoms with Crippen molar-refractivity contribution < 1.29 is 14.3 Å². The lowest BCUT2D eigenvalue weighted by molar-refractivity contribution is -0.117. The molecule has 1 N–H and O–H groups in total. The van der Waals surface area contributed by atoms with E-state index in [9.17, 15) is 4.79 Å². The summed E-state index contributed by atoms with van der Waals surface area (Å²) in [5.74, 6) is 3.01. The van der Waals surface area contributed by atoms with Gasteiger partial charge in [-0.15, -0.1) is 10.2 Å². The Bertz CT molecular complexity index is 1100. The molecule has 0 radical (unpaired) electrons. The van der Waals surface area contributed by atoms with Crippen molar-refractivity contribution in [3.8, 4) is 17.2 Å². The number of benzene rings is 2. The molecule has 3 aromatic rings. The quantitative estimate of drug-likeness (QED) is 0.503. The number of amidine groups is 1. The second-order valence-electron chi connectivity index (χ2n) is 6.82. The van der Waals surface area contributed by atoms with Gasteiger partial charge in [0.05, 0.1) is 19.4 Å². The van der Waals surface area contributed by atoms with Gasteiger partial charge in [0.15, 0.2) is 22.3 Å². The van der Waals surface area contributed by atoms with E-state index in [2.05, 4.69) is 20.5 Å². The van der Waals surface area contributed by atoms with Crippen LogP contribution in [0.25, 0.3) is 5.69 Å². The van der Waals surface area contributed by atoms with Crippen LogP contribution in [0.4, 0.5) is 0 Å². The standard InChI is InChI=1S/C22H23N5O3S2/c1-15(30-18-10-6-9-17(13-18)29-2)20-25-26-22(27(20)16-7-4-3-5-8-16)32-14-19(28)24-21-23-11-12-31-21/h3-10,13,15H,11-12,14H2,1-2H3,(H,23,24,28). The van der Waals surface area contributed by atoms with Crippen LogP contribution < -0.4 is 14.8 Å². The molecule has 0 fully saturated rings. The summed E-state index contributed by atoms with van der Waals surface area (Å²) in [6.45, 7) is 2.66. The van der Waals surface area contributed by atoms with Crippen molar-refractivity contribution in [2.45, 2.75) is 18.2 Å². The second kappa shape index (κ2) is 10.6. The molecule has 0 aliphatic carbocycles. The van der Waals surface area contributed by atoms with Crippen LogP contribution in [0.5, 0.6) is 11.5 Å². The predicted molar refractivity (Wildman–Crippen MR) is 127 cm³/mol. The topological polar surface area (TPSA) is 90.6 Å². The molecule has 0 spiro atoms. The van der Waals surface area contributed by atoms with E-state index in [0.717, 1.165) is 18.0 Å². The average molecular weight is 470 g/mol. The molecule has 0 saturated heterocycles. The molecule has 0 saturated carbocycles. The van der Waals surface area contributed by atoms with Gasteiger partial charge < -0.3 is 14.8 Å². The number of thioether (sulfide) groups is 2. The fourth-order valence-corrected chi connectivity index (χ4v) is 4.59. The van der Waals surface area contributed by atoms with E-state index < -0.39 is 0 Å². The van der Waals surface area contributed by atoms with Crippen LogP contribution in [-0.2, 0) is 4.79 Å². The number of nitrogens with one attached hydrogen (secondary N) is 1. The van der Waals surface area contributed by atoms with Crippen LogP contribution in [0.2, 0.25) is 0 Å². The molecular weight excluding hydrogens is 446 g/mol. The lowest BCUT2D eigenvalue weighted by Crippen LogP contribution is -2.29. The Kier molecular flexibility index (Phi) is 7.33. The van der Waals surface area contributed by atoms with E-state index in [0.29, 0.717) is 27.6 Å². The molecule has 0 bridgehead atoms. The molecule has 1 aromatic heterocycles. The minimum absolute atomic E-state index is 0.118. The number of aliphatic imine (C=N–C) groups is 1. The summed E-state index contributed by atoms with van der Waals surface area (Å²) in [5, 5.41) is 12.9. The Hall–Kier alpha value is -2.98. The number of amides is 1. The van der Waals surface area contributed by atoms with Gasteiger partial charge in [-0.2, -0.15) is 0 Å². The normalized spacial score (nSPS) is 14.0. The maximum Gasteiger partial charge on any atom is 0.236 e. The van der Waals surface area contributed by atoms with Gasteiger partial charge in [0.1, 0.15) is 11.5 Å². The number of hydrogen-bond donors (Lipinski definition) is 1. The molecule has 4 rings (SSSR count). The maximum absolute atomic E-state index is 12.3. The van der Waals surface area contributed by atoms with Crippen LogP contribution in [-0.4, -0.2) is 51.0 Å². The molecule has 1 unspecified atom stereocenters. The highest BCUT2D eigenvalue weighted by atomic mass is 32.2. The third kappa shape index (κ3) is 5.43. The van der Waals surface area contributed by atoms with Crippen molar-refractivity contribution in [1.82, 2.24) is 20.1 Å². The van der Waals surface area contributed by atoms with Crippen LogP contribution in [0, 0.1) is 0 Å². The zero-order valence-electron chi connectivity index (χ0n) is 17.7. The molecule has 1 atom stereocenters. The second-order valence-corrected chi connectivity index (χ2v) is 8.85. The van der Waals surface area contributed by atoms with E-state index in [1.165, 1.54) is 11.8 Å². The zero-order chi connectivity index (χ0) is 22.3. The van der Waals surface area contributed by atoms with E-state index in [-0.39, 0.29) is 17.8 Å². The number of para-hydroxylation sites is 1. The van der Waals surface area contributed by atoms with E-state index in [4.69, 9.17) is 9.47 Å².